The Morgan fingerprint density at radius 2 is 1.16 bits per heavy atom. The van der Waals surface area contributed by atoms with Gasteiger partial charge in [-0.05, 0) is 85.9 Å². The molecule has 2 aromatic carbocycles. The summed E-state index contributed by atoms with van der Waals surface area (Å²) in [7, 11) is 0. The number of hydrogen-bond donors (Lipinski definition) is 0. The third kappa shape index (κ3) is 9.47. The molecule has 1 aliphatic carbocycles. The third-order valence-corrected chi connectivity index (χ3v) is 8.08. The lowest BCUT2D eigenvalue weighted by molar-refractivity contribution is 0.303. The predicted octanol–water partition coefficient (Wildman–Crippen LogP) is 8.49. The van der Waals surface area contributed by atoms with Gasteiger partial charge in [-0.25, -0.2) is 0 Å². The molecule has 3 aliphatic rings. The smallest absolute Gasteiger partial charge is 0.119 e. The van der Waals surface area contributed by atoms with E-state index in [2.05, 4.69) is 54.6 Å². The molecule has 4 nitrogen and oxygen atoms in total. The molecule has 2 saturated heterocycles. The van der Waals surface area contributed by atoms with E-state index in [0.717, 1.165) is 57.2 Å². The molecule has 38 heavy (non-hydrogen) atoms. The van der Waals surface area contributed by atoms with Crippen molar-refractivity contribution in [3.05, 3.63) is 65.7 Å². The van der Waals surface area contributed by atoms with E-state index in [9.17, 15) is 0 Å². The molecular weight excluding hydrogens is 472 g/mol. The summed E-state index contributed by atoms with van der Waals surface area (Å²) < 4.78 is 22.5. The van der Waals surface area contributed by atoms with Crippen LogP contribution in [0.3, 0.4) is 0 Å². The lowest BCUT2D eigenvalue weighted by Crippen LogP contribution is -2.04. The van der Waals surface area contributed by atoms with Gasteiger partial charge < -0.3 is 18.9 Å². The Balaban J connectivity index is 1.01. The van der Waals surface area contributed by atoms with E-state index in [1.807, 2.05) is 0 Å². The minimum Gasteiger partial charge on any atom is -0.494 e. The second kappa shape index (κ2) is 14.7. The largest absolute Gasteiger partial charge is 0.494 e. The van der Waals surface area contributed by atoms with Gasteiger partial charge in [-0.2, -0.15) is 0 Å². The second-order valence-electron chi connectivity index (χ2n) is 11.3. The molecule has 3 atom stereocenters. The summed E-state index contributed by atoms with van der Waals surface area (Å²) >= 11 is 0. The highest BCUT2D eigenvalue weighted by Gasteiger charge is 2.21. The van der Waals surface area contributed by atoms with Crippen molar-refractivity contribution >= 4 is 5.57 Å². The van der Waals surface area contributed by atoms with Gasteiger partial charge in [0.25, 0.3) is 0 Å². The molecule has 0 amide bonds. The van der Waals surface area contributed by atoms with Crippen LogP contribution in [0.25, 0.3) is 5.57 Å². The van der Waals surface area contributed by atoms with Gasteiger partial charge in [0.1, 0.15) is 11.5 Å². The molecule has 0 saturated carbocycles. The van der Waals surface area contributed by atoms with E-state index in [1.165, 1.54) is 80.9 Å². The van der Waals surface area contributed by atoms with Gasteiger partial charge in [0, 0.05) is 5.92 Å². The lowest BCUT2D eigenvalue weighted by Gasteiger charge is -2.22. The summed E-state index contributed by atoms with van der Waals surface area (Å²) in [6.45, 7) is 3.58. The molecule has 2 fully saturated rings. The van der Waals surface area contributed by atoms with Gasteiger partial charge in [0.05, 0.1) is 38.6 Å². The predicted molar refractivity (Wildman–Crippen MR) is 154 cm³/mol. The Morgan fingerprint density at radius 1 is 0.632 bits per heavy atom. The van der Waals surface area contributed by atoms with Crippen LogP contribution in [0.1, 0.15) is 101 Å². The van der Waals surface area contributed by atoms with Crippen molar-refractivity contribution in [1.29, 1.82) is 0 Å². The minimum atomic E-state index is 0.477. The zero-order valence-corrected chi connectivity index (χ0v) is 23.1. The van der Waals surface area contributed by atoms with E-state index in [-0.39, 0.29) is 0 Å². The maximum Gasteiger partial charge on any atom is 0.119 e. The average molecular weight is 519 g/mol. The number of ether oxygens (including phenoxy) is 4. The molecule has 2 heterocycles. The fourth-order valence-electron chi connectivity index (χ4n) is 5.51. The number of hydrogen-bond acceptors (Lipinski definition) is 4. The van der Waals surface area contributed by atoms with Gasteiger partial charge in [-0.3, -0.25) is 0 Å². The maximum absolute atomic E-state index is 6.00. The van der Waals surface area contributed by atoms with Crippen molar-refractivity contribution in [2.45, 2.75) is 102 Å². The van der Waals surface area contributed by atoms with Gasteiger partial charge in [-0.15, -0.1) is 0 Å². The lowest BCUT2D eigenvalue weighted by atomic mass is 9.83. The molecule has 206 valence electrons. The highest BCUT2D eigenvalue weighted by Crippen LogP contribution is 2.36. The van der Waals surface area contributed by atoms with Crippen molar-refractivity contribution in [1.82, 2.24) is 0 Å². The Labute approximate surface area is 229 Å². The van der Waals surface area contributed by atoms with Gasteiger partial charge in [-0.1, -0.05) is 68.9 Å². The van der Waals surface area contributed by atoms with Crippen molar-refractivity contribution in [2.75, 3.05) is 26.4 Å². The first-order valence-corrected chi connectivity index (χ1v) is 15.2. The fourth-order valence-corrected chi connectivity index (χ4v) is 5.51. The summed E-state index contributed by atoms with van der Waals surface area (Å²) in [4.78, 5) is 0. The molecule has 2 aromatic rings. The first kappa shape index (κ1) is 27.3. The number of allylic oxidation sites excluding steroid dienone is 2. The van der Waals surface area contributed by atoms with Crippen molar-refractivity contribution in [2.24, 2.45) is 0 Å². The number of benzene rings is 2. The molecule has 2 aliphatic heterocycles. The van der Waals surface area contributed by atoms with Crippen LogP contribution in [0.5, 0.6) is 11.5 Å². The minimum absolute atomic E-state index is 0.477. The Bertz CT molecular complexity index is 973. The number of unbranched alkanes of at least 4 members (excludes halogenated alkanes) is 6. The normalized spacial score (nSPS) is 22.1. The molecule has 0 spiro atoms. The van der Waals surface area contributed by atoms with E-state index in [1.54, 1.807) is 0 Å². The van der Waals surface area contributed by atoms with Crippen molar-refractivity contribution < 1.29 is 18.9 Å². The van der Waals surface area contributed by atoms with Crippen LogP contribution in [0.15, 0.2) is 54.6 Å². The zero-order chi connectivity index (χ0) is 25.8. The molecule has 4 heteroatoms. The maximum atomic E-state index is 6.00. The summed E-state index contributed by atoms with van der Waals surface area (Å²) in [5.74, 6) is 2.45. The molecule has 0 bridgehead atoms. The van der Waals surface area contributed by atoms with Crippen LogP contribution < -0.4 is 9.47 Å². The Hall–Kier alpha value is -2.30. The summed E-state index contributed by atoms with van der Waals surface area (Å²) in [5.41, 5.74) is 4.18. The van der Waals surface area contributed by atoms with Crippen molar-refractivity contribution in [3.63, 3.8) is 0 Å². The van der Waals surface area contributed by atoms with E-state index in [4.69, 9.17) is 18.9 Å². The fraction of sp³-hybridized carbons (Fsp3) is 0.588. The summed E-state index contributed by atoms with van der Waals surface area (Å²) in [6.07, 6.45) is 19.5. The standard InChI is InChI=1S/C34H46O4/c1(5-12-33-25-37-33)3-7-22-35-31-18-14-27(15-19-31)29-10-9-11-30(24-29)28-16-20-32(21-17-28)36-23-8-4-2-6-13-34-26-38-34/h14-21,24,29,33-34H,1-13,22-23,25-26H2. The Kier molecular flexibility index (Phi) is 10.6. The molecule has 5 rings (SSSR count). The van der Waals surface area contributed by atoms with Gasteiger partial charge in [0.15, 0.2) is 0 Å². The molecule has 3 unspecified atom stereocenters. The monoisotopic (exact) mass is 518 g/mol. The van der Waals surface area contributed by atoms with Crippen LogP contribution in [0, 0.1) is 0 Å². The molecule has 0 radical (unpaired) electrons. The van der Waals surface area contributed by atoms with Crippen LogP contribution in [-0.2, 0) is 9.47 Å². The first-order chi connectivity index (χ1) is 18.8. The van der Waals surface area contributed by atoms with Gasteiger partial charge >= 0.3 is 0 Å². The van der Waals surface area contributed by atoms with Crippen LogP contribution in [0.2, 0.25) is 0 Å². The Morgan fingerprint density at radius 3 is 1.71 bits per heavy atom. The van der Waals surface area contributed by atoms with Crippen LogP contribution in [0.4, 0.5) is 0 Å². The third-order valence-electron chi connectivity index (χ3n) is 8.08. The molecule has 0 N–H and O–H groups in total. The highest BCUT2D eigenvalue weighted by atomic mass is 16.6. The molecule has 0 aromatic heterocycles. The summed E-state index contributed by atoms with van der Waals surface area (Å²) in [5, 5.41) is 0. The van der Waals surface area contributed by atoms with E-state index < -0.39 is 0 Å². The average Bonchev–Trinajstić information content (AvgIpc) is 3.89. The highest BCUT2D eigenvalue weighted by molar-refractivity contribution is 5.68. The first-order valence-electron chi connectivity index (χ1n) is 15.2. The molecular formula is C34H46O4. The quantitative estimate of drug-likeness (QED) is 0.147. The van der Waals surface area contributed by atoms with Crippen LogP contribution in [-0.4, -0.2) is 38.6 Å². The van der Waals surface area contributed by atoms with E-state index in [0.29, 0.717) is 18.1 Å². The zero-order valence-electron chi connectivity index (χ0n) is 23.1. The number of rotatable bonds is 18. The summed E-state index contributed by atoms with van der Waals surface area (Å²) in [6, 6.07) is 17.5. The second-order valence-corrected chi connectivity index (χ2v) is 11.3. The van der Waals surface area contributed by atoms with Crippen LogP contribution >= 0.6 is 0 Å². The van der Waals surface area contributed by atoms with Crippen molar-refractivity contribution in [3.8, 4) is 11.5 Å². The van der Waals surface area contributed by atoms with E-state index >= 15 is 0 Å². The van der Waals surface area contributed by atoms with Gasteiger partial charge in [0.2, 0.25) is 0 Å². The topological polar surface area (TPSA) is 43.5 Å². The number of epoxide rings is 2. The SMILES string of the molecule is C1=C(c2ccc(OCCCCCCC3CO3)cc2)CCCC1c1ccc(OCCCCCCC2CO2)cc1.